The number of hydrogen-bond donors (Lipinski definition) is 1. The van der Waals surface area contributed by atoms with Crippen molar-refractivity contribution >= 4 is 23.3 Å². The second-order valence-electron chi connectivity index (χ2n) is 5.17. The van der Waals surface area contributed by atoms with Gasteiger partial charge in [0.25, 0.3) is 0 Å². The van der Waals surface area contributed by atoms with E-state index in [-0.39, 0.29) is 23.0 Å². The largest absolute Gasteiger partial charge is 0.363 e. The minimum atomic E-state index is -0.495. The Labute approximate surface area is 132 Å². The monoisotopic (exact) mass is 320 g/mol. The Balaban J connectivity index is 1.91. The van der Waals surface area contributed by atoms with Gasteiger partial charge in [-0.2, -0.15) is 0 Å². The fourth-order valence-electron chi connectivity index (χ4n) is 2.71. The first kappa shape index (κ1) is 14.7. The summed E-state index contributed by atoms with van der Waals surface area (Å²) in [6.07, 6.45) is 5.03. The first-order valence-corrected chi connectivity index (χ1v) is 7.17. The van der Waals surface area contributed by atoms with Crippen molar-refractivity contribution in [2.24, 2.45) is 0 Å². The molecule has 1 aliphatic heterocycles. The van der Waals surface area contributed by atoms with Crippen molar-refractivity contribution in [2.45, 2.75) is 18.5 Å². The van der Waals surface area contributed by atoms with E-state index >= 15 is 0 Å². The van der Waals surface area contributed by atoms with Gasteiger partial charge in [0.1, 0.15) is 11.6 Å². The number of hydrogen-bond acceptors (Lipinski definition) is 4. The van der Waals surface area contributed by atoms with E-state index in [0.29, 0.717) is 17.8 Å². The van der Waals surface area contributed by atoms with E-state index in [1.165, 1.54) is 12.1 Å². The van der Waals surface area contributed by atoms with Crippen LogP contribution >= 0.6 is 11.6 Å². The van der Waals surface area contributed by atoms with Crippen LogP contribution in [-0.2, 0) is 4.79 Å². The zero-order chi connectivity index (χ0) is 15.7. The van der Waals surface area contributed by atoms with Crippen LogP contribution < -0.4 is 5.32 Å². The van der Waals surface area contributed by atoms with Gasteiger partial charge in [0.15, 0.2) is 0 Å². The Hall–Kier alpha value is -2.21. The highest BCUT2D eigenvalue weighted by Crippen LogP contribution is 2.34. The van der Waals surface area contributed by atoms with Gasteiger partial charge in [-0.15, -0.1) is 0 Å². The first-order valence-electron chi connectivity index (χ1n) is 6.79. The lowest BCUT2D eigenvalue weighted by molar-refractivity contribution is -0.127. The van der Waals surface area contributed by atoms with Gasteiger partial charge in [-0.1, -0.05) is 17.7 Å². The highest BCUT2D eigenvalue weighted by molar-refractivity contribution is 6.30. The molecule has 1 aromatic heterocycles. The number of carbonyl (C=O) groups is 1. The van der Waals surface area contributed by atoms with Gasteiger partial charge in [0, 0.05) is 25.9 Å². The summed E-state index contributed by atoms with van der Waals surface area (Å²) in [6.45, 7) is 0. The van der Waals surface area contributed by atoms with Crippen LogP contribution in [-0.4, -0.2) is 33.9 Å². The quantitative estimate of drug-likeness (QED) is 0.944. The SMILES string of the molecule is CN1C(=O)C[C@H](Nc2cnccn2)[C@H]1c1ccc(Cl)c(F)c1. The van der Waals surface area contributed by atoms with Gasteiger partial charge in [-0.3, -0.25) is 9.78 Å². The molecule has 2 atom stereocenters. The van der Waals surface area contributed by atoms with Crippen molar-refractivity contribution in [3.8, 4) is 0 Å². The molecular weight excluding hydrogens is 307 g/mol. The minimum Gasteiger partial charge on any atom is -0.363 e. The van der Waals surface area contributed by atoms with Gasteiger partial charge >= 0.3 is 0 Å². The number of benzene rings is 1. The maximum atomic E-state index is 13.7. The maximum absolute atomic E-state index is 13.7. The highest BCUT2D eigenvalue weighted by atomic mass is 35.5. The van der Waals surface area contributed by atoms with Crippen LogP contribution in [0.1, 0.15) is 18.0 Å². The van der Waals surface area contributed by atoms with Crippen molar-refractivity contribution < 1.29 is 9.18 Å². The van der Waals surface area contributed by atoms with Crippen LogP contribution in [0.5, 0.6) is 0 Å². The van der Waals surface area contributed by atoms with E-state index in [1.54, 1.807) is 36.6 Å². The number of likely N-dealkylation sites (tertiary alicyclic amines) is 1. The van der Waals surface area contributed by atoms with Gasteiger partial charge in [0.2, 0.25) is 5.91 Å². The maximum Gasteiger partial charge on any atom is 0.225 e. The molecule has 1 aromatic carbocycles. The summed E-state index contributed by atoms with van der Waals surface area (Å²) in [5.74, 6) is 0.0713. The van der Waals surface area contributed by atoms with Gasteiger partial charge < -0.3 is 10.2 Å². The van der Waals surface area contributed by atoms with Crippen LogP contribution in [0.25, 0.3) is 0 Å². The number of carbonyl (C=O) groups excluding carboxylic acids is 1. The summed E-state index contributed by atoms with van der Waals surface area (Å²) in [4.78, 5) is 21.8. The normalized spacial score (nSPS) is 21.2. The smallest absolute Gasteiger partial charge is 0.225 e. The number of rotatable bonds is 3. The Morgan fingerprint density at radius 3 is 2.91 bits per heavy atom. The Bertz CT molecular complexity index is 697. The van der Waals surface area contributed by atoms with Crippen molar-refractivity contribution in [1.29, 1.82) is 0 Å². The minimum absolute atomic E-state index is 0.0123. The molecule has 2 aromatic rings. The molecule has 114 valence electrons. The number of halogens is 2. The van der Waals surface area contributed by atoms with E-state index in [9.17, 15) is 9.18 Å². The van der Waals surface area contributed by atoms with E-state index < -0.39 is 5.82 Å². The summed E-state index contributed by atoms with van der Waals surface area (Å²) in [6, 6.07) is 4.10. The van der Waals surface area contributed by atoms with Gasteiger partial charge in [-0.05, 0) is 17.7 Å². The molecule has 0 radical (unpaired) electrons. The second-order valence-corrected chi connectivity index (χ2v) is 5.58. The first-order chi connectivity index (χ1) is 10.6. The topological polar surface area (TPSA) is 58.1 Å². The Morgan fingerprint density at radius 1 is 1.41 bits per heavy atom. The molecule has 7 heteroatoms. The number of likely N-dealkylation sites (N-methyl/N-ethyl adjacent to an activating group) is 1. The van der Waals surface area contributed by atoms with Crippen LogP contribution in [0.3, 0.4) is 0 Å². The number of anilines is 1. The van der Waals surface area contributed by atoms with E-state index in [1.807, 2.05) is 0 Å². The van der Waals surface area contributed by atoms with Crippen LogP contribution in [0.15, 0.2) is 36.8 Å². The summed E-state index contributed by atoms with van der Waals surface area (Å²) in [7, 11) is 1.71. The standard InChI is InChI=1S/C15H14ClFN4O/c1-21-14(22)7-12(20-13-8-18-4-5-19-13)15(21)9-2-3-10(16)11(17)6-9/h2-6,8,12,15H,7H2,1H3,(H,19,20)/t12-,15+/m0/s1. The summed E-state index contributed by atoms with van der Waals surface area (Å²) in [5, 5.41) is 3.26. The lowest BCUT2D eigenvalue weighted by Crippen LogP contribution is -2.30. The van der Waals surface area contributed by atoms with E-state index in [0.717, 1.165) is 0 Å². The molecule has 0 spiro atoms. The summed E-state index contributed by atoms with van der Waals surface area (Å²) in [5.41, 5.74) is 0.691. The molecule has 5 nitrogen and oxygen atoms in total. The second kappa shape index (κ2) is 5.88. The number of aromatic nitrogens is 2. The molecule has 1 fully saturated rings. The average Bonchev–Trinajstić information content (AvgIpc) is 2.78. The molecule has 22 heavy (non-hydrogen) atoms. The molecular formula is C15H14ClFN4O. The molecule has 0 unspecified atom stereocenters. The van der Waals surface area contributed by atoms with Crippen LogP contribution in [0, 0.1) is 5.82 Å². The molecule has 0 aliphatic carbocycles. The summed E-state index contributed by atoms with van der Waals surface area (Å²) >= 11 is 5.73. The third-order valence-corrected chi connectivity index (χ3v) is 4.07. The molecule has 1 amide bonds. The zero-order valence-electron chi connectivity index (χ0n) is 11.8. The number of nitrogens with one attached hydrogen (secondary N) is 1. The molecule has 2 heterocycles. The van der Waals surface area contributed by atoms with Gasteiger partial charge in [-0.25, -0.2) is 9.37 Å². The van der Waals surface area contributed by atoms with E-state index in [2.05, 4.69) is 15.3 Å². The Morgan fingerprint density at radius 2 is 2.23 bits per heavy atom. The van der Waals surface area contributed by atoms with Crippen molar-refractivity contribution in [1.82, 2.24) is 14.9 Å². The molecule has 3 rings (SSSR count). The van der Waals surface area contributed by atoms with Gasteiger partial charge in [0.05, 0.1) is 23.3 Å². The fraction of sp³-hybridized carbons (Fsp3) is 0.267. The molecule has 0 saturated carbocycles. The highest BCUT2D eigenvalue weighted by Gasteiger charge is 2.39. The third-order valence-electron chi connectivity index (χ3n) is 3.77. The lowest BCUT2D eigenvalue weighted by Gasteiger charge is -2.26. The van der Waals surface area contributed by atoms with Crippen molar-refractivity contribution in [2.75, 3.05) is 12.4 Å². The average molecular weight is 321 g/mol. The molecule has 0 bridgehead atoms. The van der Waals surface area contributed by atoms with Crippen LogP contribution in [0.4, 0.5) is 10.2 Å². The zero-order valence-corrected chi connectivity index (χ0v) is 12.6. The van der Waals surface area contributed by atoms with E-state index in [4.69, 9.17) is 11.6 Å². The molecule has 1 aliphatic rings. The predicted octanol–water partition coefficient (Wildman–Crippen LogP) is 2.65. The lowest BCUT2D eigenvalue weighted by atomic mass is 10.00. The number of nitrogens with zero attached hydrogens (tertiary/aromatic N) is 3. The number of amides is 1. The third kappa shape index (κ3) is 2.74. The summed E-state index contributed by atoms with van der Waals surface area (Å²) < 4.78 is 13.7. The van der Waals surface area contributed by atoms with Crippen molar-refractivity contribution in [3.05, 3.63) is 53.2 Å². The molecule has 1 N–H and O–H groups in total. The fourth-order valence-corrected chi connectivity index (χ4v) is 2.83. The molecule has 1 saturated heterocycles. The Kier molecular flexibility index (Phi) is 3.94. The predicted molar refractivity (Wildman–Crippen MR) is 81.0 cm³/mol. The van der Waals surface area contributed by atoms with Crippen LogP contribution in [0.2, 0.25) is 5.02 Å². The van der Waals surface area contributed by atoms with Crippen molar-refractivity contribution in [3.63, 3.8) is 0 Å².